The Morgan fingerprint density at radius 3 is 2.61 bits per heavy atom. The van der Waals surface area contributed by atoms with E-state index in [2.05, 4.69) is 5.32 Å². The van der Waals surface area contributed by atoms with Crippen molar-refractivity contribution in [2.75, 3.05) is 19.7 Å². The predicted octanol–water partition coefficient (Wildman–Crippen LogP) is 1.61. The number of benzene rings is 1. The Morgan fingerprint density at radius 2 is 2.00 bits per heavy atom. The molecule has 0 saturated carbocycles. The van der Waals surface area contributed by atoms with E-state index in [0.29, 0.717) is 13.0 Å². The summed E-state index contributed by atoms with van der Waals surface area (Å²) >= 11 is 0. The maximum absolute atomic E-state index is 13.3. The average molecular weight is 259 g/mol. The van der Waals surface area contributed by atoms with Gasteiger partial charge in [0.25, 0.3) is 0 Å². The van der Waals surface area contributed by atoms with E-state index in [0.717, 1.165) is 12.1 Å². The Hall–Kier alpha value is -1.04. The molecule has 18 heavy (non-hydrogen) atoms. The van der Waals surface area contributed by atoms with Crippen molar-refractivity contribution >= 4 is 0 Å². The summed E-state index contributed by atoms with van der Waals surface area (Å²) in [7, 11) is 0. The maximum atomic E-state index is 13.3. The zero-order valence-corrected chi connectivity index (χ0v) is 10.4. The van der Waals surface area contributed by atoms with Gasteiger partial charge in [0.15, 0.2) is 0 Å². The fraction of sp³-hybridized carbons (Fsp3) is 0.538. The van der Waals surface area contributed by atoms with E-state index >= 15 is 0 Å². The van der Waals surface area contributed by atoms with Crippen LogP contribution in [0.25, 0.3) is 0 Å². The number of rotatable bonds is 7. The van der Waals surface area contributed by atoms with Crippen LogP contribution < -0.4 is 5.32 Å². The highest BCUT2D eigenvalue weighted by molar-refractivity contribution is 5.21. The third kappa shape index (κ3) is 4.68. The van der Waals surface area contributed by atoms with Crippen LogP contribution in [0.1, 0.15) is 25.0 Å². The molecule has 1 rings (SSSR count). The summed E-state index contributed by atoms with van der Waals surface area (Å²) in [5.41, 5.74) is 0.0821. The fourth-order valence-electron chi connectivity index (χ4n) is 1.67. The number of hydrogen-bond donors (Lipinski definition) is 3. The Kier molecular flexibility index (Phi) is 6.18. The molecule has 0 bridgehead atoms. The first-order valence-corrected chi connectivity index (χ1v) is 5.99. The van der Waals surface area contributed by atoms with Gasteiger partial charge in [-0.2, -0.15) is 0 Å². The lowest BCUT2D eigenvalue weighted by Gasteiger charge is -2.15. The number of aliphatic hydroxyl groups is 2. The topological polar surface area (TPSA) is 52.5 Å². The van der Waals surface area contributed by atoms with E-state index in [1.807, 2.05) is 6.92 Å². The third-order valence-electron chi connectivity index (χ3n) is 2.77. The van der Waals surface area contributed by atoms with Crippen molar-refractivity contribution < 1.29 is 19.0 Å². The number of aliphatic hydroxyl groups excluding tert-OH is 2. The van der Waals surface area contributed by atoms with E-state index in [-0.39, 0.29) is 24.6 Å². The zero-order valence-electron chi connectivity index (χ0n) is 10.4. The lowest BCUT2D eigenvalue weighted by molar-refractivity contribution is 0.167. The molecule has 1 aromatic carbocycles. The van der Waals surface area contributed by atoms with Crippen LogP contribution in [0.4, 0.5) is 8.78 Å². The molecule has 0 spiro atoms. The first kappa shape index (κ1) is 15.0. The molecule has 0 amide bonds. The van der Waals surface area contributed by atoms with E-state index < -0.39 is 17.7 Å². The van der Waals surface area contributed by atoms with Crippen LogP contribution in [0.5, 0.6) is 0 Å². The van der Waals surface area contributed by atoms with Gasteiger partial charge in [-0.25, -0.2) is 8.78 Å². The Morgan fingerprint density at radius 1 is 1.28 bits per heavy atom. The molecule has 0 fully saturated rings. The molecular formula is C13H19F2NO2. The highest BCUT2D eigenvalue weighted by Crippen LogP contribution is 2.17. The second kappa shape index (κ2) is 7.41. The van der Waals surface area contributed by atoms with E-state index in [1.165, 1.54) is 6.07 Å². The van der Waals surface area contributed by atoms with Crippen molar-refractivity contribution in [1.82, 2.24) is 5.32 Å². The van der Waals surface area contributed by atoms with Gasteiger partial charge in [0.2, 0.25) is 0 Å². The van der Waals surface area contributed by atoms with Crippen molar-refractivity contribution in [3.8, 4) is 0 Å². The zero-order chi connectivity index (χ0) is 13.5. The van der Waals surface area contributed by atoms with Crippen molar-refractivity contribution in [2.45, 2.75) is 19.4 Å². The molecule has 0 aromatic heterocycles. The van der Waals surface area contributed by atoms with Crippen LogP contribution in [0.15, 0.2) is 18.2 Å². The maximum Gasteiger partial charge on any atom is 0.131 e. The number of halogens is 2. The SMILES string of the molecule is CC(CCO)CNCC(O)c1ccc(F)cc1F. The highest BCUT2D eigenvalue weighted by Gasteiger charge is 2.13. The monoisotopic (exact) mass is 259 g/mol. The van der Waals surface area contributed by atoms with Crippen molar-refractivity contribution in [3.63, 3.8) is 0 Å². The average Bonchev–Trinajstić information content (AvgIpc) is 2.29. The van der Waals surface area contributed by atoms with Gasteiger partial charge in [-0.05, 0) is 24.9 Å². The van der Waals surface area contributed by atoms with Crippen molar-refractivity contribution in [1.29, 1.82) is 0 Å². The third-order valence-corrected chi connectivity index (χ3v) is 2.77. The van der Waals surface area contributed by atoms with E-state index in [9.17, 15) is 13.9 Å². The minimum atomic E-state index is -1.01. The van der Waals surface area contributed by atoms with Crippen molar-refractivity contribution in [2.24, 2.45) is 5.92 Å². The van der Waals surface area contributed by atoms with Gasteiger partial charge in [0, 0.05) is 24.8 Å². The van der Waals surface area contributed by atoms with Crippen LogP contribution in [0.3, 0.4) is 0 Å². The van der Waals surface area contributed by atoms with Gasteiger partial charge in [-0.15, -0.1) is 0 Å². The highest BCUT2D eigenvalue weighted by atomic mass is 19.1. The molecule has 2 atom stereocenters. The number of nitrogens with one attached hydrogen (secondary N) is 1. The minimum Gasteiger partial charge on any atom is -0.396 e. The molecule has 5 heteroatoms. The molecule has 0 aliphatic heterocycles. The summed E-state index contributed by atoms with van der Waals surface area (Å²) in [6, 6.07) is 3.12. The first-order valence-electron chi connectivity index (χ1n) is 5.99. The minimum absolute atomic E-state index is 0.0821. The summed E-state index contributed by atoms with van der Waals surface area (Å²) < 4.78 is 26.0. The Bertz CT molecular complexity index is 374. The molecule has 0 radical (unpaired) electrons. The molecule has 0 aliphatic rings. The lowest BCUT2D eigenvalue weighted by atomic mass is 10.1. The van der Waals surface area contributed by atoms with E-state index in [1.54, 1.807) is 0 Å². The quantitative estimate of drug-likeness (QED) is 0.697. The molecular weight excluding hydrogens is 240 g/mol. The van der Waals surface area contributed by atoms with Gasteiger partial charge >= 0.3 is 0 Å². The van der Waals surface area contributed by atoms with Crippen LogP contribution in [-0.4, -0.2) is 29.9 Å². The largest absolute Gasteiger partial charge is 0.396 e. The Balaban J connectivity index is 2.43. The van der Waals surface area contributed by atoms with Gasteiger partial charge in [0.05, 0.1) is 6.10 Å². The summed E-state index contributed by atoms with van der Waals surface area (Å²) in [5.74, 6) is -1.12. The fourth-order valence-corrected chi connectivity index (χ4v) is 1.67. The van der Waals surface area contributed by atoms with Crippen LogP contribution in [-0.2, 0) is 0 Å². The van der Waals surface area contributed by atoms with Gasteiger partial charge < -0.3 is 15.5 Å². The molecule has 3 nitrogen and oxygen atoms in total. The second-order valence-electron chi connectivity index (χ2n) is 4.46. The molecule has 0 heterocycles. The van der Waals surface area contributed by atoms with Gasteiger partial charge in [0.1, 0.15) is 11.6 Å². The number of hydrogen-bond acceptors (Lipinski definition) is 3. The normalized spacial score (nSPS) is 14.5. The lowest BCUT2D eigenvalue weighted by Crippen LogP contribution is -2.27. The molecule has 102 valence electrons. The standard InChI is InChI=1S/C13H19F2NO2/c1-9(4-5-17)7-16-8-13(18)11-3-2-10(14)6-12(11)15/h2-3,6,9,13,16-18H,4-5,7-8H2,1H3. The second-order valence-corrected chi connectivity index (χ2v) is 4.46. The summed E-state index contributed by atoms with van der Waals surface area (Å²) in [5, 5.41) is 21.5. The smallest absolute Gasteiger partial charge is 0.131 e. The Labute approximate surface area is 105 Å². The molecule has 0 aliphatic carbocycles. The first-order chi connectivity index (χ1) is 8.54. The van der Waals surface area contributed by atoms with E-state index in [4.69, 9.17) is 5.11 Å². The molecule has 2 unspecified atom stereocenters. The van der Waals surface area contributed by atoms with Crippen LogP contribution in [0, 0.1) is 17.6 Å². The molecule has 1 aromatic rings. The summed E-state index contributed by atoms with van der Waals surface area (Å²) in [6.07, 6.45) is -0.333. The summed E-state index contributed by atoms with van der Waals surface area (Å²) in [6.45, 7) is 2.91. The predicted molar refractivity (Wildman–Crippen MR) is 65.1 cm³/mol. The molecule has 0 saturated heterocycles. The van der Waals surface area contributed by atoms with Crippen LogP contribution in [0.2, 0.25) is 0 Å². The van der Waals surface area contributed by atoms with Crippen molar-refractivity contribution in [3.05, 3.63) is 35.4 Å². The van der Waals surface area contributed by atoms with Gasteiger partial charge in [-0.1, -0.05) is 13.0 Å². The molecule has 3 N–H and O–H groups in total. The van der Waals surface area contributed by atoms with Gasteiger partial charge in [-0.3, -0.25) is 0 Å². The summed E-state index contributed by atoms with van der Waals surface area (Å²) in [4.78, 5) is 0. The van der Waals surface area contributed by atoms with Crippen LogP contribution >= 0.6 is 0 Å².